The van der Waals surface area contributed by atoms with E-state index in [4.69, 9.17) is 14.2 Å². The average Bonchev–Trinajstić information content (AvgIpc) is 3.15. The molecule has 2 rings (SSSR count). The molecule has 0 heterocycles. The Morgan fingerprint density at radius 2 is 1.63 bits per heavy atom. The zero-order valence-electron chi connectivity index (χ0n) is 12.2. The maximum absolute atomic E-state index is 5.35. The molecule has 1 fully saturated rings. The fraction of sp³-hybridized carbons (Fsp3) is 0.600. The second kappa shape index (κ2) is 5.70. The molecule has 0 aromatic heterocycles. The Labute approximate surface area is 115 Å². The molecule has 0 aliphatic heterocycles. The Morgan fingerprint density at radius 3 is 2.05 bits per heavy atom. The van der Waals surface area contributed by atoms with Crippen molar-refractivity contribution in [2.75, 3.05) is 27.9 Å². The lowest BCUT2D eigenvalue weighted by Gasteiger charge is -2.15. The SMILES string of the molecule is COc1cc(CNCC2(C)CC2)cc(OC)c1OC. The van der Waals surface area contributed by atoms with Crippen LogP contribution in [-0.4, -0.2) is 27.9 Å². The fourth-order valence-corrected chi connectivity index (χ4v) is 2.14. The van der Waals surface area contributed by atoms with Gasteiger partial charge in [0.25, 0.3) is 0 Å². The molecule has 0 radical (unpaired) electrons. The van der Waals surface area contributed by atoms with Gasteiger partial charge in [-0.25, -0.2) is 0 Å². The van der Waals surface area contributed by atoms with Crippen LogP contribution in [0.15, 0.2) is 12.1 Å². The highest BCUT2D eigenvalue weighted by atomic mass is 16.5. The van der Waals surface area contributed by atoms with E-state index in [0.717, 1.165) is 18.7 Å². The van der Waals surface area contributed by atoms with E-state index in [1.54, 1.807) is 21.3 Å². The molecule has 1 N–H and O–H groups in total. The van der Waals surface area contributed by atoms with E-state index < -0.39 is 0 Å². The van der Waals surface area contributed by atoms with Crippen LogP contribution in [0.25, 0.3) is 0 Å². The van der Waals surface area contributed by atoms with Gasteiger partial charge in [0.2, 0.25) is 5.75 Å². The van der Waals surface area contributed by atoms with E-state index in [2.05, 4.69) is 12.2 Å². The second-order valence-electron chi connectivity index (χ2n) is 5.45. The van der Waals surface area contributed by atoms with Crippen LogP contribution in [0.5, 0.6) is 17.2 Å². The zero-order chi connectivity index (χ0) is 13.9. The van der Waals surface area contributed by atoms with Gasteiger partial charge in [0.05, 0.1) is 21.3 Å². The lowest BCUT2D eigenvalue weighted by Crippen LogP contribution is -2.21. The number of nitrogens with one attached hydrogen (secondary N) is 1. The molecule has 1 aliphatic rings. The summed E-state index contributed by atoms with van der Waals surface area (Å²) < 4.78 is 16.0. The minimum atomic E-state index is 0.515. The monoisotopic (exact) mass is 265 g/mol. The van der Waals surface area contributed by atoms with Gasteiger partial charge in [0.15, 0.2) is 11.5 Å². The molecule has 1 aromatic rings. The number of ether oxygens (including phenoxy) is 3. The fourth-order valence-electron chi connectivity index (χ4n) is 2.14. The third-order valence-electron chi connectivity index (χ3n) is 3.71. The highest BCUT2D eigenvalue weighted by Crippen LogP contribution is 2.44. The van der Waals surface area contributed by atoms with Crippen molar-refractivity contribution in [2.24, 2.45) is 5.41 Å². The van der Waals surface area contributed by atoms with Crippen LogP contribution in [0.3, 0.4) is 0 Å². The normalized spacial score (nSPS) is 16.0. The summed E-state index contributed by atoms with van der Waals surface area (Å²) in [6.45, 7) is 4.19. The molecule has 4 heteroatoms. The summed E-state index contributed by atoms with van der Waals surface area (Å²) >= 11 is 0. The van der Waals surface area contributed by atoms with Crippen molar-refractivity contribution in [1.29, 1.82) is 0 Å². The number of methoxy groups -OCH3 is 3. The number of hydrogen-bond donors (Lipinski definition) is 1. The lowest BCUT2D eigenvalue weighted by molar-refractivity contribution is 0.323. The maximum atomic E-state index is 5.35. The van der Waals surface area contributed by atoms with Gasteiger partial charge in [0, 0.05) is 13.1 Å². The van der Waals surface area contributed by atoms with Gasteiger partial charge in [-0.1, -0.05) is 6.92 Å². The molecule has 106 valence electrons. The first-order valence-corrected chi connectivity index (χ1v) is 6.61. The molecule has 0 saturated heterocycles. The Morgan fingerprint density at radius 1 is 1.05 bits per heavy atom. The van der Waals surface area contributed by atoms with Crippen molar-refractivity contribution in [1.82, 2.24) is 5.32 Å². The van der Waals surface area contributed by atoms with Crippen LogP contribution in [-0.2, 0) is 6.54 Å². The van der Waals surface area contributed by atoms with Gasteiger partial charge in [-0.2, -0.15) is 0 Å². The smallest absolute Gasteiger partial charge is 0.203 e. The van der Waals surface area contributed by atoms with E-state index in [0.29, 0.717) is 22.7 Å². The Kier molecular flexibility index (Phi) is 4.20. The highest BCUT2D eigenvalue weighted by Gasteiger charge is 2.36. The van der Waals surface area contributed by atoms with E-state index in [1.807, 2.05) is 12.1 Å². The quantitative estimate of drug-likeness (QED) is 0.822. The van der Waals surface area contributed by atoms with Crippen LogP contribution >= 0.6 is 0 Å². The molecule has 0 amide bonds. The van der Waals surface area contributed by atoms with Crippen molar-refractivity contribution in [3.05, 3.63) is 17.7 Å². The van der Waals surface area contributed by atoms with Crippen molar-refractivity contribution in [3.63, 3.8) is 0 Å². The third kappa shape index (κ3) is 3.32. The van der Waals surface area contributed by atoms with Crippen molar-refractivity contribution in [2.45, 2.75) is 26.3 Å². The summed E-state index contributed by atoms with van der Waals surface area (Å²) in [5, 5.41) is 3.49. The van der Waals surface area contributed by atoms with Crippen molar-refractivity contribution >= 4 is 0 Å². The molecule has 0 unspecified atom stereocenters. The number of hydrogen-bond acceptors (Lipinski definition) is 4. The van der Waals surface area contributed by atoms with Crippen LogP contribution in [0.1, 0.15) is 25.3 Å². The van der Waals surface area contributed by atoms with Gasteiger partial charge in [-0.15, -0.1) is 0 Å². The Balaban J connectivity index is 2.07. The molecule has 4 nitrogen and oxygen atoms in total. The summed E-state index contributed by atoms with van der Waals surface area (Å²) in [6.07, 6.45) is 2.66. The summed E-state index contributed by atoms with van der Waals surface area (Å²) in [5.41, 5.74) is 1.65. The first-order valence-electron chi connectivity index (χ1n) is 6.61. The predicted octanol–water partition coefficient (Wildman–Crippen LogP) is 2.60. The topological polar surface area (TPSA) is 39.7 Å². The summed E-state index contributed by atoms with van der Waals surface area (Å²) in [4.78, 5) is 0. The minimum Gasteiger partial charge on any atom is -0.493 e. The molecule has 0 spiro atoms. The van der Waals surface area contributed by atoms with Crippen LogP contribution < -0.4 is 19.5 Å². The summed E-state index contributed by atoms with van der Waals surface area (Å²) in [7, 11) is 4.89. The van der Waals surface area contributed by atoms with Crippen LogP contribution in [0.2, 0.25) is 0 Å². The largest absolute Gasteiger partial charge is 0.493 e. The van der Waals surface area contributed by atoms with Gasteiger partial charge in [-0.3, -0.25) is 0 Å². The lowest BCUT2D eigenvalue weighted by atomic mass is 10.1. The van der Waals surface area contributed by atoms with Crippen molar-refractivity contribution in [3.8, 4) is 17.2 Å². The van der Waals surface area contributed by atoms with Crippen LogP contribution in [0, 0.1) is 5.41 Å². The number of benzene rings is 1. The molecule has 1 aliphatic carbocycles. The van der Waals surface area contributed by atoms with Crippen molar-refractivity contribution < 1.29 is 14.2 Å². The highest BCUT2D eigenvalue weighted by molar-refractivity contribution is 5.53. The molecular weight excluding hydrogens is 242 g/mol. The van der Waals surface area contributed by atoms with Gasteiger partial charge in [-0.05, 0) is 36.0 Å². The summed E-state index contributed by atoms with van der Waals surface area (Å²) in [5.74, 6) is 2.05. The van der Waals surface area contributed by atoms with Crippen LogP contribution in [0.4, 0.5) is 0 Å². The van der Waals surface area contributed by atoms with Gasteiger partial charge < -0.3 is 19.5 Å². The minimum absolute atomic E-state index is 0.515. The molecule has 0 bridgehead atoms. The van der Waals surface area contributed by atoms with E-state index in [1.165, 1.54) is 12.8 Å². The summed E-state index contributed by atoms with van der Waals surface area (Å²) in [6, 6.07) is 3.98. The molecular formula is C15H23NO3. The van der Waals surface area contributed by atoms with Gasteiger partial charge >= 0.3 is 0 Å². The van der Waals surface area contributed by atoms with E-state index in [9.17, 15) is 0 Å². The standard InChI is InChI=1S/C15H23NO3/c1-15(5-6-15)10-16-9-11-7-12(17-2)14(19-4)13(8-11)18-3/h7-8,16H,5-6,9-10H2,1-4H3. The molecule has 19 heavy (non-hydrogen) atoms. The van der Waals surface area contributed by atoms with Gasteiger partial charge in [0.1, 0.15) is 0 Å². The molecule has 0 atom stereocenters. The third-order valence-corrected chi connectivity index (χ3v) is 3.71. The maximum Gasteiger partial charge on any atom is 0.203 e. The Bertz CT molecular complexity index is 416. The second-order valence-corrected chi connectivity index (χ2v) is 5.45. The van der Waals surface area contributed by atoms with E-state index >= 15 is 0 Å². The first-order chi connectivity index (χ1) is 9.11. The first kappa shape index (κ1) is 14.0. The predicted molar refractivity (Wildman–Crippen MR) is 75.1 cm³/mol. The van der Waals surface area contributed by atoms with E-state index in [-0.39, 0.29) is 0 Å². The Hall–Kier alpha value is -1.42. The molecule has 1 saturated carbocycles. The average molecular weight is 265 g/mol. The number of rotatable bonds is 7. The molecule has 1 aromatic carbocycles. The zero-order valence-corrected chi connectivity index (χ0v) is 12.2.